The molecule has 1 heterocycles. The molecule has 98 valence electrons. The van der Waals surface area contributed by atoms with Gasteiger partial charge in [0.05, 0.1) is 11.1 Å². The Morgan fingerprint density at radius 1 is 1.50 bits per heavy atom. The fraction of sp³-hybridized carbons (Fsp3) is 0.417. The fourth-order valence-corrected chi connectivity index (χ4v) is 2.12. The highest BCUT2D eigenvalue weighted by Gasteiger charge is 2.24. The summed E-state index contributed by atoms with van der Waals surface area (Å²) in [6, 6.07) is 4.83. The van der Waals surface area contributed by atoms with E-state index in [9.17, 15) is 9.90 Å². The summed E-state index contributed by atoms with van der Waals surface area (Å²) < 4.78 is 5.34. The summed E-state index contributed by atoms with van der Waals surface area (Å²) in [5, 5.41) is 10.3. The SMILES string of the molecule is O=C(COc1cc(Cl)ccc1Cl)N1CCC(O)C1. The third-order valence-electron chi connectivity index (χ3n) is 2.76. The van der Waals surface area contributed by atoms with Gasteiger partial charge in [-0.15, -0.1) is 0 Å². The minimum atomic E-state index is -0.427. The van der Waals surface area contributed by atoms with Crippen molar-refractivity contribution in [3.8, 4) is 5.75 Å². The van der Waals surface area contributed by atoms with Crippen molar-refractivity contribution in [2.75, 3.05) is 19.7 Å². The number of halogens is 2. The maximum Gasteiger partial charge on any atom is 0.260 e. The predicted octanol–water partition coefficient (Wildman–Crippen LogP) is 1.97. The van der Waals surface area contributed by atoms with E-state index in [1.54, 1.807) is 23.1 Å². The van der Waals surface area contributed by atoms with Crippen LogP contribution in [0.3, 0.4) is 0 Å². The van der Waals surface area contributed by atoms with E-state index in [4.69, 9.17) is 27.9 Å². The van der Waals surface area contributed by atoms with E-state index in [0.29, 0.717) is 35.3 Å². The summed E-state index contributed by atoms with van der Waals surface area (Å²) >= 11 is 11.7. The molecule has 1 fully saturated rings. The highest BCUT2D eigenvalue weighted by atomic mass is 35.5. The second-order valence-electron chi connectivity index (χ2n) is 4.15. The molecule has 1 saturated heterocycles. The van der Waals surface area contributed by atoms with Crippen LogP contribution in [0.1, 0.15) is 6.42 Å². The average Bonchev–Trinajstić information content (AvgIpc) is 2.77. The topological polar surface area (TPSA) is 49.8 Å². The normalized spacial score (nSPS) is 19.1. The van der Waals surface area contributed by atoms with Crippen LogP contribution in [-0.4, -0.2) is 41.7 Å². The zero-order valence-electron chi connectivity index (χ0n) is 9.60. The van der Waals surface area contributed by atoms with Gasteiger partial charge >= 0.3 is 0 Å². The number of likely N-dealkylation sites (tertiary alicyclic amines) is 1. The minimum Gasteiger partial charge on any atom is -0.482 e. The highest BCUT2D eigenvalue weighted by Crippen LogP contribution is 2.27. The minimum absolute atomic E-state index is 0.104. The molecule has 0 aliphatic carbocycles. The molecule has 0 saturated carbocycles. The molecule has 1 N–H and O–H groups in total. The lowest BCUT2D eigenvalue weighted by Gasteiger charge is -2.16. The molecular formula is C12H13Cl2NO3. The predicted molar refractivity (Wildman–Crippen MR) is 69.2 cm³/mol. The number of hydrogen-bond acceptors (Lipinski definition) is 3. The van der Waals surface area contributed by atoms with Gasteiger partial charge in [0.1, 0.15) is 5.75 Å². The zero-order valence-corrected chi connectivity index (χ0v) is 11.1. The standard InChI is InChI=1S/C12H13Cl2NO3/c13-8-1-2-10(14)11(5-8)18-7-12(17)15-4-3-9(16)6-15/h1-2,5,9,16H,3-4,6-7H2. The molecule has 1 aromatic carbocycles. The first-order chi connectivity index (χ1) is 8.56. The van der Waals surface area contributed by atoms with Crippen molar-refractivity contribution in [3.05, 3.63) is 28.2 Å². The number of aliphatic hydroxyl groups excluding tert-OH is 1. The Morgan fingerprint density at radius 3 is 2.94 bits per heavy atom. The molecule has 1 aliphatic rings. The molecule has 0 spiro atoms. The first-order valence-corrected chi connectivity index (χ1v) is 6.35. The number of nitrogens with zero attached hydrogens (tertiary/aromatic N) is 1. The van der Waals surface area contributed by atoms with Crippen molar-refractivity contribution in [2.24, 2.45) is 0 Å². The van der Waals surface area contributed by atoms with Gasteiger partial charge in [-0.1, -0.05) is 23.2 Å². The summed E-state index contributed by atoms with van der Waals surface area (Å²) in [6.07, 6.45) is 0.188. The molecule has 2 rings (SSSR count). The van der Waals surface area contributed by atoms with E-state index in [-0.39, 0.29) is 12.5 Å². The Bertz CT molecular complexity index is 453. The number of rotatable bonds is 3. The molecule has 0 bridgehead atoms. The first-order valence-electron chi connectivity index (χ1n) is 5.60. The average molecular weight is 290 g/mol. The highest BCUT2D eigenvalue weighted by molar-refractivity contribution is 6.34. The van der Waals surface area contributed by atoms with Crippen molar-refractivity contribution in [3.63, 3.8) is 0 Å². The molecule has 0 aromatic heterocycles. The maximum absolute atomic E-state index is 11.8. The first kappa shape index (κ1) is 13.5. The van der Waals surface area contributed by atoms with E-state index < -0.39 is 6.10 Å². The van der Waals surface area contributed by atoms with E-state index in [1.165, 1.54) is 0 Å². The van der Waals surface area contributed by atoms with E-state index in [2.05, 4.69) is 0 Å². The number of benzene rings is 1. The van der Waals surface area contributed by atoms with E-state index >= 15 is 0 Å². The summed E-state index contributed by atoms with van der Waals surface area (Å²) in [5.74, 6) is 0.222. The molecule has 6 heteroatoms. The lowest BCUT2D eigenvalue weighted by atomic mass is 10.3. The van der Waals surface area contributed by atoms with Crippen LogP contribution >= 0.6 is 23.2 Å². The van der Waals surface area contributed by atoms with Gasteiger partial charge in [-0.25, -0.2) is 0 Å². The summed E-state index contributed by atoms with van der Waals surface area (Å²) in [5.41, 5.74) is 0. The van der Waals surface area contributed by atoms with Gasteiger partial charge < -0.3 is 14.7 Å². The summed E-state index contributed by atoms with van der Waals surface area (Å²) in [7, 11) is 0. The van der Waals surface area contributed by atoms with Crippen LogP contribution in [-0.2, 0) is 4.79 Å². The third kappa shape index (κ3) is 3.28. The number of ether oxygens (including phenoxy) is 1. The Morgan fingerprint density at radius 2 is 2.28 bits per heavy atom. The molecule has 1 aliphatic heterocycles. The van der Waals surface area contributed by atoms with E-state index in [0.717, 1.165) is 0 Å². The Kier molecular flexibility index (Phi) is 4.32. The van der Waals surface area contributed by atoms with Crippen LogP contribution < -0.4 is 4.74 Å². The lowest BCUT2D eigenvalue weighted by molar-refractivity contribution is -0.132. The second-order valence-corrected chi connectivity index (χ2v) is 4.99. The van der Waals surface area contributed by atoms with Crippen LogP contribution in [0.15, 0.2) is 18.2 Å². The largest absolute Gasteiger partial charge is 0.482 e. The van der Waals surface area contributed by atoms with Gasteiger partial charge in [0.25, 0.3) is 5.91 Å². The third-order valence-corrected chi connectivity index (χ3v) is 3.31. The summed E-state index contributed by atoms with van der Waals surface area (Å²) in [6.45, 7) is 0.824. The fourth-order valence-electron chi connectivity index (χ4n) is 1.79. The molecule has 18 heavy (non-hydrogen) atoms. The van der Waals surface area contributed by atoms with Crippen molar-refractivity contribution < 1.29 is 14.6 Å². The van der Waals surface area contributed by atoms with Crippen LogP contribution in [0.5, 0.6) is 5.75 Å². The number of amides is 1. The Balaban J connectivity index is 1.91. The van der Waals surface area contributed by atoms with Crippen molar-refractivity contribution in [1.82, 2.24) is 4.90 Å². The van der Waals surface area contributed by atoms with Crippen molar-refractivity contribution in [2.45, 2.75) is 12.5 Å². The van der Waals surface area contributed by atoms with Crippen LogP contribution in [0.2, 0.25) is 10.0 Å². The molecule has 4 nitrogen and oxygen atoms in total. The number of aliphatic hydroxyl groups is 1. The maximum atomic E-state index is 11.8. The quantitative estimate of drug-likeness (QED) is 0.926. The Labute approximate surface area is 115 Å². The van der Waals surface area contributed by atoms with Gasteiger partial charge in [-0.2, -0.15) is 0 Å². The molecule has 0 radical (unpaired) electrons. The molecule has 1 aromatic rings. The second kappa shape index (κ2) is 5.78. The summed E-state index contributed by atoms with van der Waals surface area (Å²) in [4.78, 5) is 13.3. The van der Waals surface area contributed by atoms with Crippen molar-refractivity contribution in [1.29, 1.82) is 0 Å². The van der Waals surface area contributed by atoms with Gasteiger partial charge in [0.15, 0.2) is 6.61 Å². The van der Waals surface area contributed by atoms with Gasteiger partial charge in [0.2, 0.25) is 0 Å². The molecule has 1 unspecified atom stereocenters. The van der Waals surface area contributed by atoms with Crippen LogP contribution in [0, 0.1) is 0 Å². The van der Waals surface area contributed by atoms with Crippen molar-refractivity contribution >= 4 is 29.1 Å². The van der Waals surface area contributed by atoms with Gasteiger partial charge in [-0.05, 0) is 18.6 Å². The number of β-amino-alcohol motifs (C(OH)–C–C–N with tert-alkyl or cyclic N) is 1. The van der Waals surface area contributed by atoms with E-state index in [1.807, 2.05) is 0 Å². The monoisotopic (exact) mass is 289 g/mol. The number of carbonyl (C=O) groups excluding carboxylic acids is 1. The van der Waals surface area contributed by atoms with Crippen LogP contribution in [0.4, 0.5) is 0 Å². The molecular weight excluding hydrogens is 277 g/mol. The van der Waals surface area contributed by atoms with Gasteiger partial charge in [-0.3, -0.25) is 4.79 Å². The van der Waals surface area contributed by atoms with Crippen LogP contribution in [0.25, 0.3) is 0 Å². The molecule has 1 amide bonds. The Hall–Kier alpha value is -0.970. The van der Waals surface area contributed by atoms with Gasteiger partial charge in [0, 0.05) is 24.2 Å². The number of carbonyl (C=O) groups is 1. The lowest BCUT2D eigenvalue weighted by Crippen LogP contribution is -2.33. The number of hydrogen-bond donors (Lipinski definition) is 1. The molecule has 1 atom stereocenters. The zero-order chi connectivity index (χ0) is 13.1. The smallest absolute Gasteiger partial charge is 0.260 e.